The van der Waals surface area contributed by atoms with Gasteiger partial charge in [0.15, 0.2) is 0 Å². The zero-order chi connectivity index (χ0) is 15.0. The minimum Gasteiger partial charge on any atom is -0.347 e. The monoisotopic (exact) mass is 276 g/mol. The van der Waals surface area contributed by atoms with Gasteiger partial charge in [-0.15, -0.1) is 0 Å². The normalized spacial score (nSPS) is 10.4. The first-order valence-electron chi connectivity index (χ1n) is 7.27. The Hall–Kier alpha value is -1.84. The fraction of sp³-hybridized carbons (Fsp3) is 0.500. The molecule has 1 aromatic rings. The van der Waals surface area contributed by atoms with E-state index < -0.39 is 0 Å². The zero-order valence-corrected chi connectivity index (χ0v) is 12.6. The number of anilines is 1. The maximum Gasteiger partial charge on any atom is 0.246 e. The van der Waals surface area contributed by atoms with Crippen LogP contribution >= 0.6 is 0 Å². The molecule has 0 saturated heterocycles. The Morgan fingerprint density at radius 1 is 1.10 bits per heavy atom. The summed E-state index contributed by atoms with van der Waals surface area (Å²) in [6, 6.07) is 9.49. The number of para-hydroxylation sites is 1. The van der Waals surface area contributed by atoms with E-state index in [4.69, 9.17) is 0 Å². The summed E-state index contributed by atoms with van der Waals surface area (Å²) in [5.74, 6) is -0.125. The first kappa shape index (κ1) is 16.2. The van der Waals surface area contributed by atoms with Gasteiger partial charge in [0.2, 0.25) is 11.8 Å². The highest BCUT2D eigenvalue weighted by molar-refractivity contribution is 5.96. The van der Waals surface area contributed by atoms with E-state index in [1.54, 1.807) is 4.90 Å². The first-order valence-corrected chi connectivity index (χ1v) is 7.27. The van der Waals surface area contributed by atoms with Crippen molar-refractivity contribution in [3.05, 3.63) is 30.3 Å². The van der Waals surface area contributed by atoms with Crippen molar-refractivity contribution in [2.24, 2.45) is 5.92 Å². The van der Waals surface area contributed by atoms with E-state index in [1.807, 2.05) is 51.1 Å². The van der Waals surface area contributed by atoms with Crippen LogP contribution in [0.4, 0.5) is 5.69 Å². The second-order valence-corrected chi connectivity index (χ2v) is 4.70. The maximum absolute atomic E-state index is 12.2. The van der Waals surface area contributed by atoms with E-state index >= 15 is 0 Å². The predicted octanol–water partition coefficient (Wildman–Crippen LogP) is 2.59. The Balaban J connectivity index is 2.59. The molecule has 0 spiro atoms. The second-order valence-electron chi connectivity index (χ2n) is 4.70. The van der Waals surface area contributed by atoms with Crippen molar-refractivity contribution >= 4 is 17.5 Å². The van der Waals surface area contributed by atoms with Crippen LogP contribution in [0.25, 0.3) is 0 Å². The molecule has 4 nitrogen and oxygen atoms in total. The number of benzene rings is 1. The predicted molar refractivity (Wildman–Crippen MR) is 81.6 cm³/mol. The molecule has 0 unspecified atom stereocenters. The summed E-state index contributed by atoms with van der Waals surface area (Å²) >= 11 is 0. The molecule has 110 valence electrons. The summed E-state index contributed by atoms with van der Waals surface area (Å²) in [5, 5.41) is 2.74. The smallest absolute Gasteiger partial charge is 0.246 e. The highest BCUT2D eigenvalue weighted by atomic mass is 16.2. The fourth-order valence-corrected chi connectivity index (χ4v) is 2.17. The molecule has 4 heteroatoms. The van der Waals surface area contributed by atoms with Crippen molar-refractivity contribution in [3.63, 3.8) is 0 Å². The van der Waals surface area contributed by atoms with Gasteiger partial charge in [-0.25, -0.2) is 0 Å². The Kier molecular flexibility index (Phi) is 6.77. The third kappa shape index (κ3) is 4.37. The van der Waals surface area contributed by atoms with Crippen molar-refractivity contribution in [1.82, 2.24) is 5.32 Å². The van der Waals surface area contributed by atoms with E-state index in [0.717, 1.165) is 18.5 Å². The van der Waals surface area contributed by atoms with Gasteiger partial charge in [0, 0.05) is 18.2 Å². The number of hydrogen-bond donors (Lipinski definition) is 1. The van der Waals surface area contributed by atoms with E-state index in [2.05, 4.69) is 5.32 Å². The van der Waals surface area contributed by atoms with E-state index in [-0.39, 0.29) is 24.3 Å². The number of carbonyl (C=O) groups is 2. The van der Waals surface area contributed by atoms with Crippen LogP contribution in [0, 0.1) is 5.92 Å². The summed E-state index contributed by atoms with van der Waals surface area (Å²) in [6.07, 6.45) is 1.60. The number of likely N-dealkylation sites (N-methyl/N-ethyl adjacent to an activating group) is 1. The van der Waals surface area contributed by atoms with Gasteiger partial charge < -0.3 is 10.2 Å². The van der Waals surface area contributed by atoms with Crippen LogP contribution in [0.15, 0.2) is 30.3 Å². The minimum absolute atomic E-state index is 0.00500. The third-order valence-electron chi connectivity index (χ3n) is 3.46. The summed E-state index contributed by atoms with van der Waals surface area (Å²) in [6.45, 7) is 6.53. The molecule has 0 aliphatic heterocycles. The Morgan fingerprint density at radius 3 is 2.20 bits per heavy atom. The summed E-state index contributed by atoms with van der Waals surface area (Å²) < 4.78 is 0. The Bertz CT molecular complexity index is 427. The summed E-state index contributed by atoms with van der Waals surface area (Å²) in [4.78, 5) is 25.7. The number of carbonyl (C=O) groups excluding carboxylic acids is 2. The lowest BCUT2D eigenvalue weighted by molar-refractivity contribution is -0.128. The van der Waals surface area contributed by atoms with Crippen molar-refractivity contribution in [3.8, 4) is 0 Å². The van der Waals surface area contributed by atoms with Crippen LogP contribution in [0.3, 0.4) is 0 Å². The number of nitrogens with one attached hydrogen (secondary N) is 1. The quantitative estimate of drug-likeness (QED) is 0.832. The van der Waals surface area contributed by atoms with Gasteiger partial charge in [0.05, 0.1) is 6.54 Å². The number of amides is 2. The molecule has 0 aliphatic rings. The largest absolute Gasteiger partial charge is 0.347 e. The van der Waals surface area contributed by atoms with Crippen LogP contribution in [-0.4, -0.2) is 24.9 Å². The van der Waals surface area contributed by atoms with E-state index in [1.165, 1.54) is 0 Å². The Labute approximate surface area is 121 Å². The zero-order valence-electron chi connectivity index (χ0n) is 12.6. The van der Waals surface area contributed by atoms with Gasteiger partial charge in [-0.1, -0.05) is 32.0 Å². The molecule has 0 heterocycles. The van der Waals surface area contributed by atoms with E-state index in [0.29, 0.717) is 6.54 Å². The standard InChI is InChI=1S/C16H24N2O2/c1-4-13(5-2)16(20)17-12-15(19)18(6-3)14-10-8-7-9-11-14/h7-11,13H,4-6,12H2,1-3H3,(H,17,20). The SMILES string of the molecule is CCC(CC)C(=O)NCC(=O)N(CC)c1ccccc1. The molecule has 0 bridgehead atoms. The molecular formula is C16H24N2O2. The minimum atomic E-state index is -0.0852. The molecule has 0 aromatic heterocycles. The lowest BCUT2D eigenvalue weighted by Crippen LogP contribution is -2.42. The maximum atomic E-state index is 12.2. The molecule has 1 rings (SSSR count). The lowest BCUT2D eigenvalue weighted by Gasteiger charge is -2.22. The molecule has 0 radical (unpaired) electrons. The number of rotatable bonds is 7. The van der Waals surface area contributed by atoms with Crippen LogP contribution in [0.2, 0.25) is 0 Å². The van der Waals surface area contributed by atoms with Gasteiger partial charge in [0.25, 0.3) is 0 Å². The molecule has 20 heavy (non-hydrogen) atoms. The van der Waals surface area contributed by atoms with Crippen molar-refractivity contribution in [2.75, 3.05) is 18.0 Å². The molecule has 2 amide bonds. The first-order chi connectivity index (χ1) is 9.63. The van der Waals surface area contributed by atoms with Crippen molar-refractivity contribution in [2.45, 2.75) is 33.6 Å². The topological polar surface area (TPSA) is 49.4 Å². The van der Waals surface area contributed by atoms with Crippen molar-refractivity contribution in [1.29, 1.82) is 0 Å². The van der Waals surface area contributed by atoms with Crippen molar-refractivity contribution < 1.29 is 9.59 Å². The highest BCUT2D eigenvalue weighted by Crippen LogP contribution is 2.13. The third-order valence-corrected chi connectivity index (χ3v) is 3.46. The molecule has 0 atom stereocenters. The lowest BCUT2D eigenvalue weighted by atomic mass is 10.0. The Morgan fingerprint density at radius 2 is 1.70 bits per heavy atom. The average Bonchev–Trinajstić information content (AvgIpc) is 2.48. The van der Waals surface area contributed by atoms with Crippen LogP contribution in [-0.2, 0) is 9.59 Å². The van der Waals surface area contributed by atoms with Gasteiger partial charge in [-0.05, 0) is 31.9 Å². The fourth-order valence-electron chi connectivity index (χ4n) is 2.17. The molecule has 1 aromatic carbocycles. The number of nitrogens with zero attached hydrogens (tertiary/aromatic N) is 1. The molecule has 0 fully saturated rings. The summed E-state index contributed by atoms with van der Waals surface area (Å²) in [5.41, 5.74) is 0.858. The molecule has 0 aliphatic carbocycles. The van der Waals surface area contributed by atoms with Crippen LogP contribution < -0.4 is 10.2 Å². The second kappa shape index (κ2) is 8.35. The van der Waals surface area contributed by atoms with Gasteiger partial charge in [-0.2, -0.15) is 0 Å². The van der Waals surface area contributed by atoms with Gasteiger partial charge >= 0.3 is 0 Å². The van der Waals surface area contributed by atoms with Crippen LogP contribution in [0.5, 0.6) is 0 Å². The molecule has 1 N–H and O–H groups in total. The van der Waals surface area contributed by atoms with Gasteiger partial charge in [-0.3, -0.25) is 9.59 Å². The van der Waals surface area contributed by atoms with Gasteiger partial charge in [0.1, 0.15) is 0 Å². The van der Waals surface area contributed by atoms with E-state index in [9.17, 15) is 9.59 Å². The number of hydrogen-bond acceptors (Lipinski definition) is 2. The highest BCUT2D eigenvalue weighted by Gasteiger charge is 2.17. The molecular weight excluding hydrogens is 252 g/mol. The summed E-state index contributed by atoms with van der Waals surface area (Å²) in [7, 11) is 0. The molecule has 0 saturated carbocycles. The van der Waals surface area contributed by atoms with Crippen LogP contribution in [0.1, 0.15) is 33.6 Å². The average molecular weight is 276 g/mol.